The summed E-state index contributed by atoms with van der Waals surface area (Å²) in [5.74, 6) is 0. The second kappa shape index (κ2) is 1.75. The molecule has 0 aliphatic carbocycles. The quantitative estimate of drug-likeness (QED) is 0.482. The van der Waals surface area contributed by atoms with Crippen molar-refractivity contribution in [3.63, 3.8) is 0 Å². The Balaban J connectivity index is 2.80. The average molecular weight is 173 g/mol. The number of hydrogen-bond donors (Lipinski definition) is 0. The van der Waals surface area contributed by atoms with Crippen molar-refractivity contribution >= 4 is 20.9 Å². The fraction of sp³-hybridized carbons (Fsp3) is 0. The van der Waals surface area contributed by atoms with Crippen molar-refractivity contribution in [2.75, 3.05) is 0 Å². The Labute approximate surface area is 30.3 Å². The summed E-state index contributed by atoms with van der Waals surface area (Å²) >= 11 is -4.79. The zero-order valence-electron chi connectivity index (χ0n) is 1.66. The predicted molar refractivity (Wildman–Crippen MR) is 8.66 cm³/mol. The summed E-state index contributed by atoms with van der Waals surface area (Å²) in [4.78, 5) is 0. The Morgan fingerprint density at radius 2 is 1.50 bits per heavy atom. The number of rotatable bonds is 0. The number of hydrogen-bond acceptors (Lipinski definition) is 1. The van der Waals surface area contributed by atoms with Crippen molar-refractivity contribution in [3.05, 3.63) is 0 Å². The molecule has 0 aromatic rings. The van der Waals surface area contributed by atoms with Crippen LogP contribution in [0.15, 0.2) is 0 Å². The first-order chi connectivity index (χ1) is 1.73. The maximum absolute atomic E-state index is 9.97. The van der Waals surface area contributed by atoms with Crippen molar-refractivity contribution in [2.24, 2.45) is 0 Å². The van der Waals surface area contributed by atoms with Gasteiger partial charge in [0.1, 0.15) is 0 Å². The fourth-order valence-corrected chi connectivity index (χ4v) is 0. The molecule has 0 bridgehead atoms. The molecule has 0 saturated heterocycles. The molecular formula is F2OSn. The summed E-state index contributed by atoms with van der Waals surface area (Å²) in [6.45, 7) is 0. The van der Waals surface area contributed by atoms with Gasteiger partial charge in [-0.2, -0.15) is 0 Å². The molecule has 1 nitrogen and oxygen atoms in total. The molecule has 0 rings (SSSR count). The van der Waals surface area contributed by atoms with E-state index in [1.165, 1.54) is 0 Å². The molecule has 4 heavy (non-hydrogen) atoms. The molecular weight excluding hydrogens is 173 g/mol. The second-order valence-electron chi connectivity index (χ2n) is 0.226. The molecule has 24 valence electrons. The second-order valence-corrected chi connectivity index (χ2v) is 1.51. The van der Waals surface area contributed by atoms with Gasteiger partial charge in [-0.05, 0) is 0 Å². The van der Waals surface area contributed by atoms with Gasteiger partial charge in [0.2, 0.25) is 0 Å². The van der Waals surface area contributed by atoms with Gasteiger partial charge in [0.15, 0.2) is 0 Å². The van der Waals surface area contributed by atoms with Gasteiger partial charge in [-0.25, -0.2) is 0 Å². The summed E-state index contributed by atoms with van der Waals surface area (Å²) in [7, 11) is 0. The molecule has 0 amide bonds. The molecule has 0 aliphatic rings. The van der Waals surface area contributed by atoms with E-state index in [1.54, 1.807) is 0 Å². The van der Waals surface area contributed by atoms with E-state index >= 15 is 0 Å². The van der Waals surface area contributed by atoms with Gasteiger partial charge in [0.05, 0.1) is 0 Å². The van der Waals surface area contributed by atoms with Crippen LogP contribution in [0.25, 0.3) is 0 Å². The first-order valence-corrected chi connectivity index (χ1v) is 3.90. The van der Waals surface area contributed by atoms with E-state index in [4.69, 9.17) is 3.08 Å². The van der Waals surface area contributed by atoms with Crippen LogP contribution in [0.5, 0.6) is 0 Å². The topological polar surface area (TPSA) is 17.1 Å². The average Bonchev–Trinajstić information content (AvgIpc) is 0.811. The van der Waals surface area contributed by atoms with Crippen molar-refractivity contribution in [3.8, 4) is 0 Å². The Morgan fingerprint density at radius 3 is 1.50 bits per heavy atom. The Kier molecular flexibility index (Phi) is 1.95. The molecule has 4 heteroatoms. The third-order valence-corrected chi connectivity index (χ3v) is 0. The van der Waals surface area contributed by atoms with Gasteiger partial charge in [-0.15, -0.1) is 0 Å². The van der Waals surface area contributed by atoms with Gasteiger partial charge in [0, 0.05) is 0 Å². The standard InChI is InChI=1S/2FH.O.Sn/h2*1H;;/q;;;+2/p-2. The molecule has 0 fully saturated rings. The van der Waals surface area contributed by atoms with E-state index in [0.29, 0.717) is 0 Å². The van der Waals surface area contributed by atoms with E-state index in [9.17, 15) is 5.73 Å². The molecule has 0 aliphatic heterocycles. The van der Waals surface area contributed by atoms with Gasteiger partial charge < -0.3 is 0 Å². The molecule has 0 N–H and O–H groups in total. The van der Waals surface area contributed by atoms with Crippen molar-refractivity contribution in [1.82, 2.24) is 0 Å². The Bertz CT molecular complexity index is 29.0. The van der Waals surface area contributed by atoms with E-state index < -0.39 is 20.9 Å². The van der Waals surface area contributed by atoms with Gasteiger partial charge in [-0.3, -0.25) is 0 Å². The van der Waals surface area contributed by atoms with Crippen LogP contribution in [-0.2, 0) is 3.08 Å². The third kappa shape index (κ3) is 24.9. The summed E-state index contributed by atoms with van der Waals surface area (Å²) < 4.78 is 28.3. The first kappa shape index (κ1) is 4.46. The molecule has 0 spiro atoms. The van der Waals surface area contributed by atoms with Gasteiger partial charge in [0.25, 0.3) is 0 Å². The minimum absolute atomic E-state index is 4.79. The van der Waals surface area contributed by atoms with Crippen LogP contribution in [0, 0.1) is 0 Å². The first-order valence-electron chi connectivity index (χ1n) is 0.582. The van der Waals surface area contributed by atoms with Crippen LogP contribution < -0.4 is 0 Å². The van der Waals surface area contributed by atoms with Crippen LogP contribution in [-0.4, -0.2) is 20.9 Å². The Hall–Kier alpha value is 0.459. The normalized spacial score (nSPS) is 6.50. The van der Waals surface area contributed by atoms with E-state index in [2.05, 4.69) is 0 Å². The summed E-state index contributed by atoms with van der Waals surface area (Å²) in [6.07, 6.45) is 0. The van der Waals surface area contributed by atoms with Gasteiger partial charge >= 0.3 is 29.7 Å². The Morgan fingerprint density at radius 1 is 1.50 bits per heavy atom. The maximum atomic E-state index is 9.97. The fourth-order valence-electron chi connectivity index (χ4n) is 0. The molecule has 0 aromatic carbocycles. The molecule has 0 saturated carbocycles. The van der Waals surface area contributed by atoms with Crippen molar-refractivity contribution in [1.29, 1.82) is 0 Å². The van der Waals surface area contributed by atoms with E-state index in [1.807, 2.05) is 0 Å². The van der Waals surface area contributed by atoms with Gasteiger partial charge in [-0.1, -0.05) is 0 Å². The molecule has 0 atom stereocenters. The summed E-state index contributed by atoms with van der Waals surface area (Å²) in [5.41, 5.74) is 0. The molecule has 0 heterocycles. The van der Waals surface area contributed by atoms with Crippen molar-refractivity contribution < 1.29 is 8.81 Å². The minimum atomic E-state index is -4.79. The monoisotopic (exact) mass is 174 g/mol. The van der Waals surface area contributed by atoms with Crippen LogP contribution in [0.1, 0.15) is 0 Å². The van der Waals surface area contributed by atoms with Crippen LogP contribution in [0.3, 0.4) is 0 Å². The van der Waals surface area contributed by atoms with Crippen LogP contribution in [0.2, 0.25) is 0 Å². The zero-order chi connectivity index (χ0) is 3.58. The van der Waals surface area contributed by atoms with Crippen LogP contribution in [0.4, 0.5) is 5.73 Å². The predicted octanol–water partition coefficient (Wildman–Crippen LogP) is 0.341. The SMILES string of the molecule is [O]=[Sn]([F])[F]. The molecule has 0 unspecified atom stereocenters. The van der Waals surface area contributed by atoms with E-state index in [0.717, 1.165) is 0 Å². The van der Waals surface area contributed by atoms with E-state index in [-0.39, 0.29) is 0 Å². The third-order valence-electron chi connectivity index (χ3n) is 0. The molecule has 0 aromatic heterocycles. The summed E-state index contributed by atoms with van der Waals surface area (Å²) in [5, 5.41) is 0. The molecule has 0 radical (unpaired) electrons. The van der Waals surface area contributed by atoms with Crippen molar-refractivity contribution in [2.45, 2.75) is 0 Å². The zero-order valence-corrected chi connectivity index (χ0v) is 4.52. The summed E-state index contributed by atoms with van der Waals surface area (Å²) in [6, 6.07) is 0. The van der Waals surface area contributed by atoms with Crippen LogP contribution >= 0.6 is 0 Å². The number of halogens is 2.